The quantitative estimate of drug-likeness (QED) is 0.900. The SMILES string of the molecule is CC(C)Oc1nn(C)c(C(=O)O)c1Br. The number of carboxylic acid groups (broad SMARTS) is 1. The van der Waals surface area contributed by atoms with Gasteiger partial charge in [0.25, 0.3) is 0 Å². The lowest BCUT2D eigenvalue weighted by molar-refractivity contribution is 0.0684. The molecule has 0 saturated heterocycles. The van der Waals surface area contributed by atoms with Crippen LogP contribution in [0.2, 0.25) is 0 Å². The number of hydrogen-bond acceptors (Lipinski definition) is 3. The third-order valence-electron chi connectivity index (χ3n) is 1.51. The monoisotopic (exact) mass is 262 g/mol. The maximum atomic E-state index is 10.8. The van der Waals surface area contributed by atoms with E-state index in [-0.39, 0.29) is 11.8 Å². The molecule has 0 aliphatic carbocycles. The molecule has 0 atom stereocenters. The fourth-order valence-corrected chi connectivity index (χ4v) is 1.60. The van der Waals surface area contributed by atoms with Gasteiger partial charge in [-0.2, -0.15) is 0 Å². The molecule has 0 spiro atoms. The Balaban J connectivity index is 3.10. The van der Waals surface area contributed by atoms with Crippen LogP contribution >= 0.6 is 15.9 Å². The van der Waals surface area contributed by atoms with Gasteiger partial charge in [0.15, 0.2) is 5.69 Å². The van der Waals surface area contributed by atoms with Gasteiger partial charge in [-0.3, -0.25) is 4.68 Å². The van der Waals surface area contributed by atoms with Gasteiger partial charge in [-0.15, -0.1) is 5.10 Å². The highest BCUT2D eigenvalue weighted by Gasteiger charge is 2.21. The van der Waals surface area contributed by atoms with E-state index >= 15 is 0 Å². The summed E-state index contributed by atoms with van der Waals surface area (Å²) in [5.74, 6) is -0.731. The van der Waals surface area contributed by atoms with Crippen molar-refractivity contribution in [3.05, 3.63) is 10.2 Å². The number of aromatic nitrogens is 2. The Bertz CT molecular complexity index is 360. The van der Waals surface area contributed by atoms with E-state index in [0.717, 1.165) is 0 Å². The zero-order valence-corrected chi connectivity index (χ0v) is 9.70. The Labute approximate surface area is 89.8 Å². The van der Waals surface area contributed by atoms with E-state index in [1.165, 1.54) is 4.68 Å². The van der Waals surface area contributed by atoms with Crippen LogP contribution in [0.25, 0.3) is 0 Å². The standard InChI is InChI=1S/C8H11BrN2O3/c1-4(2)14-7-5(9)6(8(12)13)11(3)10-7/h4H,1-3H3,(H,12,13). The predicted molar refractivity (Wildman–Crippen MR) is 53.6 cm³/mol. The van der Waals surface area contributed by atoms with E-state index in [0.29, 0.717) is 10.4 Å². The third kappa shape index (κ3) is 2.06. The molecule has 0 aliphatic heterocycles. The first-order chi connectivity index (χ1) is 6.43. The summed E-state index contributed by atoms with van der Waals surface area (Å²) in [5, 5.41) is 12.8. The van der Waals surface area contributed by atoms with Gasteiger partial charge in [-0.05, 0) is 29.8 Å². The van der Waals surface area contributed by atoms with Crippen LogP contribution in [0, 0.1) is 0 Å². The topological polar surface area (TPSA) is 64.4 Å². The summed E-state index contributed by atoms with van der Waals surface area (Å²) < 4.78 is 6.96. The van der Waals surface area contributed by atoms with Crippen LogP contribution in [0.1, 0.15) is 24.3 Å². The first kappa shape index (κ1) is 11.0. The summed E-state index contributed by atoms with van der Waals surface area (Å²) in [6.07, 6.45) is -0.0390. The van der Waals surface area contributed by atoms with Gasteiger partial charge in [0.05, 0.1) is 6.10 Å². The molecule has 78 valence electrons. The molecule has 0 unspecified atom stereocenters. The molecular weight excluding hydrogens is 252 g/mol. The minimum atomic E-state index is -1.04. The van der Waals surface area contributed by atoms with E-state index in [1.807, 2.05) is 13.8 Å². The predicted octanol–water partition coefficient (Wildman–Crippen LogP) is 1.67. The number of aromatic carboxylic acids is 1. The van der Waals surface area contributed by atoms with Gasteiger partial charge in [0, 0.05) is 7.05 Å². The number of ether oxygens (including phenoxy) is 1. The van der Waals surface area contributed by atoms with Gasteiger partial charge in [0.2, 0.25) is 5.88 Å². The Morgan fingerprint density at radius 1 is 1.64 bits per heavy atom. The first-order valence-electron chi connectivity index (χ1n) is 4.06. The van der Waals surface area contributed by atoms with E-state index in [1.54, 1.807) is 7.05 Å². The molecule has 0 radical (unpaired) electrons. The summed E-state index contributed by atoms with van der Waals surface area (Å²) >= 11 is 3.14. The summed E-state index contributed by atoms with van der Waals surface area (Å²) in [6.45, 7) is 3.70. The zero-order chi connectivity index (χ0) is 10.9. The summed E-state index contributed by atoms with van der Waals surface area (Å²) in [6, 6.07) is 0. The van der Waals surface area contributed by atoms with Crippen molar-refractivity contribution in [3.8, 4) is 5.88 Å². The van der Waals surface area contributed by atoms with Gasteiger partial charge in [0.1, 0.15) is 4.47 Å². The first-order valence-corrected chi connectivity index (χ1v) is 4.85. The molecule has 14 heavy (non-hydrogen) atoms. The molecule has 1 rings (SSSR count). The number of carbonyl (C=O) groups is 1. The van der Waals surface area contributed by atoms with Gasteiger partial charge >= 0.3 is 5.97 Å². The fourth-order valence-electron chi connectivity index (χ4n) is 1.00. The van der Waals surface area contributed by atoms with Crippen molar-refractivity contribution in [2.24, 2.45) is 7.05 Å². The minimum Gasteiger partial charge on any atom is -0.476 e. The van der Waals surface area contributed by atoms with Crippen molar-refractivity contribution in [3.63, 3.8) is 0 Å². The maximum absolute atomic E-state index is 10.8. The second kappa shape index (κ2) is 4.00. The van der Waals surface area contributed by atoms with Crippen molar-refractivity contribution in [1.82, 2.24) is 9.78 Å². The van der Waals surface area contributed by atoms with Crippen LogP contribution in [-0.4, -0.2) is 27.0 Å². The second-order valence-corrected chi connectivity index (χ2v) is 3.86. The molecule has 0 aromatic carbocycles. The maximum Gasteiger partial charge on any atom is 0.355 e. The lowest BCUT2D eigenvalue weighted by Crippen LogP contribution is -2.06. The molecule has 1 aromatic rings. The smallest absolute Gasteiger partial charge is 0.355 e. The van der Waals surface area contributed by atoms with Crippen molar-refractivity contribution in [2.75, 3.05) is 0 Å². The average Bonchev–Trinajstić information content (AvgIpc) is 2.25. The summed E-state index contributed by atoms with van der Waals surface area (Å²) in [4.78, 5) is 10.8. The normalized spacial score (nSPS) is 10.6. The molecule has 0 aliphatic rings. The number of carboxylic acids is 1. The average molecular weight is 263 g/mol. The van der Waals surface area contributed by atoms with Crippen molar-refractivity contribution < 1.29 is 14.6 Å². The lowest BCUT2D eigenvalue weighted by atomic mass is 10.4. The lowest BCUT2D eigenvalue weighted by Gasteiger charge is -2.05. The molecule has 1 aromatic heterocycles. The van der Waals surface area contributed by atoms with Crippen LogP contribution in [0.5, 0.6) is 5.88 Å². The van der Waals surface area contributed by atoms with Crippen molar-refractivity contribution >= 4 is 21.9 Å². The highest BCUT2D eigenvalue weighted by Crippen LogP contribution is 2.28. The van der Waals surface area contributed by atoms with E-state index in [9.17, 15) is 4.79 Å². The van der Waals surface area contributed by atoms with Gasteiger partial charge in [-0.1, -0.05) is 0 Å². The number of nitrogens with zero attached hydrogens (tertiary/aromatic N) is 2. The highest BCUT2D eigenvalue weighted by molar-refractivity contribution is 9.10. The largest absolute Gasteiger partial charge is 0.476 e. The number of aryl methyl sites for hydroxylation is 1. The van der Waals surface area contributed by atoms with Crippen molar-refractivity contribution in [1.29, 1.82) is 0 Å². The van der Waals surface area contributed by atoms with Gasteiger partial charge in [-0.25, -0.2) is 4.79 Å². The van der Waals surface area contributed by atoms with Crippen LogP contribution in [-0.2, 0) is 7.05 Å². The molecule has 6 heteroatoms. The minimum absolute atomic E-state index is 0.0390. The molecule has 0 bridgehead atoms. The molecule has 0 saturated carbocycles. The number of hydrogen-bond donors (Lipinski definition) is 1. The van der Waals surface area contributed by atoms with Crippen molar-refractivity contribution in [2.45, 2.75) is 20.0 Å². The van der Waals surface area contributed by atoms with E-state index in [2.05, 4.69) is 21.0 Å². The Morgan fingerprint density at radius 2 is 2.21 bits per heavy atom. The molecule has 0 amide bonds. The van der Waals surface area contributed by atoms with Crippen LogP contribution < -0.4 is 4.74 Å². The van der Waals surface area contributed by atoms with Crippen LogP contribution in [0.15, 0.2) is 4.47 Å². The molecular formula is C8H11BrN2O3. The summed E-state index contributed by atoms with van der Waals surface area (Å²) in [5.41, 5.74) is 0.0839. The third-order valence-corrected chi connectivity index (χ3v) is 2.22. The highest BCUT2D eigenvalue weighted by atomic mass is 79.9. The van der Waals surface area contributed by atoms with E-state index < -0.39 is 5.97 Å². The molecule has 5 nitrogen and oxygen atoms in total. The zero-order valence-electron chi connectivity index (χ0n) is 8.11. The molecule has 0 fully saturated rings. The Kier molecular flexibility index (Phi) is 3.15. The molecule has 1 N–H and O–H groups in total. The number of halogens is 1. The Hall–Kier alpha value is -1.04. The summed E-state index contributed by atoms with van der Waals surface area (Å²) in [7, 11) is 1.56. The number of rotatable bonds is 3. The molecule has 1 heterocycles. The van der Waals surface area contributed by atoms with Gasteiger partial charge < -0.3 is 9.84 Å². The Morgan fingerprint density at radius 3 is 2.57 bits per heavy atom. The van der Waals surface area contributed by atoms with Crippen LogP contribution in [0.4, 0.5) is 0 Å². The van der Waals surface area contributed by atoms with E-state index in [4.69, 9.17) is 9.84 Å². The fraction of sp³-hybridized carbons (Fsp3) is 0.500. The second-order valence-electron chi connectivity index (χ2n) is 3.06. The van der Waals surface area contributed by atoms with Crippen LogP contribution in [0.3, 0.4) is 0 Å².